The molecule has 0 aromatic carbocycles. The molecule has 3 nitrogen and oxygen atoms in total. The fourth-order valence-corrected chi connectivity index (χ4v) is 0.857. The molecule has 1 rings (SSSR count). The number of epoxide rings is 1. The van der Waals surface area contributed by atoms with Crippen LogP contribution in [0.1, 0.15) is 20.3 Å². The molecule has 1 heterocycles. The zero-order valence-electron chi connectivity index (χ0n) is 7.09. The minimum atomic E-state index is 0.135. The third-order valence-corrected chi connectivity index (χ3v) is 1.52. The standard InChI is InChI=1S/C8H15NO2/c1-6(2)3-8(10)9-4-7-5-11-7/h6-7H,3-5H2,1-2H3,(H,9,10). The van der Waals surface area contributed by atoms with Gasteiger partial charge in [-0.1, -0.05) is 13.8 Å². The first-order valence-corrected chi connectivity index (χ1v) is 4.07. The Kier molecular flexibility index (Phi) is 2.88. The molecule has 1 aliphatic rings. The van der Waals surface area contributed by atoms with Gasteiger partial charge in [-0.3, -0.25) is 4.79 Å². The summed E-state index contributed by atoms with van der Waals surface area (Å²) in [6.07, 6.45) is 0.915. The van der Waals surface area contributed by atoms with Crippen LogP contribution < -0.4 is 5.32 Å². The van der Waals surface area contributed by atoms with E-state index >= 15 is 0 Å². The normalized spacial score (nSPS) is 21.9. The summed E-state index contributed by atoms with van der Waals surface area (Å²) in [7, 11) is 0. The number of amides is 1. The quantitative estimate of drug-likeness (QED) is 0.605. The Morgan fingerprint density at radius 1 is 1.73 bits per heavy atom. The molecule has 0 aromatic rings. The summed E-state index contributed by atoms with van der Waals surface area (Å²) in [6.45, 7) is 5.56. The molecule has 64 valence electrons. The zero-order chi connectivity index (χ0) is 8.27. The summed E-state index contributed by atoms with van der Waals surface area (Å²) in [5.41, 5.74) is 0. The van der Waals surface area contributed by atoms with Crippen molar-refractivity contribution in [2.45, 2.75) is 26.4 Å². The smallest absolute Gasteiger partial charge is 0.220 e. The maximum Gasteiger partial charge on any atom is 0.220 e. The van der Waals surface area contributed by atoms with Crippen LogP contribution in [0, 0.1) is 5.92 Å². The molecule has 1 atom stereocenters. The zero-order valence-corrected chi connectivity index (χ0v) is 7.09. The third kappa shape index (κ3) is 3.98. The molecule has 0 spiro atoms. The molecule has 0 aliphatic carbocycles. The van der Waals surface area contributed by atoms with Crippen LogP contribution in [0.5, 0.6) is 0 Å². The van der Waals surface area contributed by atoms with E-state index < -0.39 is 0 Å². The van der Waals surface area contributed by atoms with Gasteiger partial charge in [0.2, 0.25) is 5.91 Å². The Morgan fingerprint density at radius 3 is 2.82 bits per heavy atom. The summed E-state index contributed by atoms with van der Waals surface area (Å²) < 4.78 is 4.95. The van der Waals surface area contributed by atoms with Gasteiger partial charge in [-0.15, -0.1) is 0 Å². The van der Waals surface area contributed by atoms with Gasteiger partial charge in [-0.05, 0) is 5.92 Å². The lowest BCUT2D eigenvalue weighted by molar-refractivity contribution is -0.121. The van der Waals surface area contributed by atoms with Crippen LogP contribution >= 0.6 is 0 Å². The van der Waals surface area contributed by atoms with Crippen LogP contribution in [0.25, 0.3) is 0 Å². The van der Waals surface area contributed by atoms with Crippen molar-refractivity contribution in [1.29, 1.82) is 0 Å². The van der Waals surface area contributed by atoms with Crippen molar-refractivity contribution in [3.8, 4) is 0 Å². The first-order valence-electron chi connectivity index (χ1n) is 4.07. The van der Waals surface area contributed by atoms with E-state index in [1.165, 1.54) is 0 Å². The third-order valence-electron chi connectivity index (χ3n) is 1.52. The molecule has 0 aromatic heterocycles. The van der Waals surface area contributed by atoms with Crippen molar-refractivity contribution in [3.05, 3.63) is 0 Å². The molecule has 11 heavy (non-hydrogen) atoms. The number of rotatable bonds is 4. The average molecular weight is 157 g/mol. The van der Waals surface area contributed by atoms with E-state index in [2.05, 4.69) is 5.32 Å². The minimum Gasteiger partial charge on any atom is -0.371 e. The second kappa shape index (κ2) is 3.72. The van der Waals surface area contributed by atoms with Crippen LogP contribution in [-0.2, 0) is 9.53 Å². The van der Waals surface area contributed by atoms with E-state index in [9.17, 15) is 4.79 Å². The number of hydrogen-bond acceptors (Lipinski definition) is 2. The van der Waals surface area contributed by atoms with Crippen molar-refractivity contribution in [2.24, 2.45) is 5.92 Å². The van der Waals surface area contributed by atoms with Crippen molar-refractivity contribution >= 4 is 5.91 Å². The predicted molar refractivity (Wildman–Crippen MR) is 42.2 cm³/mol. The van der Waals surface area contributed by atoms with Gasteiger partial charge in [0.15, 0.2) is 0 Å². The molecular formula is C8H15NO2. The van der Waals surface area contributed by atoms with Crippen LogP contribution in [0.15, 0.2) is 0 Å². The molecule has 0 bridgehead atoms. The van der Waals surface area contributed by atoms with E-state index in [4.69, 9.17) is 4.74 Å². The second-order valence-electron chi connectivity index (χ2n) is 3.36. The Morgan fingerprint density at radius 2 is 2.36 bits per heavy atom. The van der Waals surface area contributed by atoms with E-state index in [-0.39, 0.29) is 5.91 Å². The molecule has 1 amide bonds. The monoisotopic (exact) mass is 157 g/mol. The van der Waals surface area contributed by atoms with Gasteiger partial charge in [-0.2, -0.15) is 0 Å². The van der Waals surface area contributed by atoms with Gasteiger partial charge in [-0.25, -0.2) is 0 Å². The minimum absolute atomic E-state index is 0.135. The number of hydrogen-bond donors (Lipinski definition) is 1. The largest absolute Gasteiger partial charge is 0.371 e. The molecule has 0 saturated carbocycles. The van der Waals surface area contributed by atoms with E-state index in [0.29, 0.717) is 25.0 Å². The Labute approximate surface area is 67.1 Å². The van der Waals surface area contributed by atoms with Gasteiger partial charge < -0.3 is 10.1 Å². The Bertz CT molecular complexity index is 141. The highest BCUT2D eigenvalue weighted by atomic mass is 16.6. The van der Waals surface area contributed by atoms with Gasteiger partial charge in [0.25, 0.3) is 0 Å². The first kappa shape index (κ1) is 8.53. The van der Waals surface area contributed by atoms with Crippen molar-refractivity contribution in [2.75, 3.05) is 13.2 Å². The van der Waals surface area contributed by atoms with Gasteiger partial charge in [0, 0.05) is 13.0 Å². The highest BCUT2D eigenvalue weighted by molar-refractivity contribution is 5.76. The van der Waals surface area contributed by atoms with Gasteiger partial charge >= 0.3 is 0 Å². The molecule has 0 radical (unpaired) electrons. The Balaban J connectivity index is 2.00. The highest BCUT2D eigenvalue weighted by Gasteiger charge is 2.22. The maximum absolute atomic E-state index is 11.0. The lowest BCUT2D eigenvalue weighted by atomic mass is 10.1. The van der Waals surface area contributed by atoms with Crippen molar-refractivity contribution in [1.82, 2.24) is 5.32 Å². The van der Waals surface area contributed by atoms with Crippen molar-refractivity contribution < 1.29 is 9.53 Å². The fourth-order valence-electron chi connectivity index (χ4n) is 0.857. The molecule has 1 N–H and O–H groups in total. The summed E-state index contributed by atoms with van der Waals surface area (Å²) in [4.78, 5) is 11.0. The molecule has 1 unspecified atom stereocenters. The van der Waals surface area contributed by atoms with Crippen molar-refractivity contribution in [3.63, 3.8) is 0 Å². The molecule has 3 heteroatoms. The fraction of sp³-hybridized carbons (Fsp3) is 0.875. The topological polar surface area (TPSA) is 41.6 Å². The number of carbonyl (C=O) groups is 1. The molecule has 1 fully saturated rings. The van der Waals surface area contributed by atoms with Crippen LogP contribution in [0.3, 0.4) is 0 Å². The van der Waals surface area contributed by atoms with E-state index in [1.54, 1.807) is 0 Å². The average Bonchev–Trinajstić information content (AvgIpc) is 2.63. The van der Waals surface area contributed by atoms with E-state index in [0.717, 1.165) is 6.61 Å². The predicted octanol–water partition coefficient (Wildman–Crippen LogP) is 0.547. The number of ether oxygens (including phenoxy) is 1. The van der Waals surface area contributed by atoms with Crippen LogP contribution in [0.2, 0.25) is 0 Å². The van der Waals surface area contributed by atoms with Crippen LogP contribution in [0.4, 0.5) is 0 Å². The lowest BCUT2D eigenvalue weighted by Crippen LogP contribution is -2.28. The summed E-state index contributed by atoms with van der Waals surface area (Å²) in [5, 5.41) is 2.81. The summed E-state index contributed by atoms with van der Waals surface area (Å²) >= 11 is 0. The molecule has 1 aliphatic heterocycles. The SMILES string of the molecule is CC(C)CC(=O)NCC1CO1. The van der Waals surface area contributed by atoms with Gasteiger partial charge in [0.1, 0.15) is 0 Å². The molecular weight excluding hydrogens is 142 g/mol. The lowest BCUT2D eigenvalue weighted by Gasteiger charge is -2.04. The maximum atomic E-state index is 11.0. The summed E-state index contributed by atoms with van der Waals surface area (Å²) in [5.74, 6) is 0.575. The second-order valence-corrected chi connectivity index (χ2v) is 3.36. The van der Waals surface area contributed by atoms with Gasteiger partial charge in [0.05, 0.1) is 12.7 Å². The molecule has 1 saturated heterocycles. The number of carbonyl (C=O) groups excluding carboxylic acids is 1. The number of nitrogens with one attached hydrogen (secondary N) is 1. The van der Waals surface area contributed by atoms with E-state index in [1.807, 2.05) is 13.8 Å². The first-order chi connectivity index (χ1) is 5.18. The summed E-state index contributed by atoms with van der Waals surface area (Å²) in [6, 6.07) is 0. The highest BCUT2D eigenvalue weighted by Crippen LogP contribution is 2.06. The Hall–Kier alpha value is -0.570. The van der Waals surface area contributed by atoms with Crippen LogP contribution in [-0.4, -0.2) is 25.2 Å².